The molecule has 1 aromatic rings. The summed E-state index contributed by atoms with van der Waals surface area (Å²) in [5.41, 5.74) is -0.259. The Kier molecular flexibility index (Phi) is 4.25. The number of aliphatic hydroxyl groups excluding tert-OH is 1. The summed E-state index contributed by atoms with van der Waals surface area (Å²) in [6.07, 6.45) is 1.04. The highest BCUT2D eigenvalue weighted by atomic mass is 35.5. The second kappa shape index (κ2) is 5.76. The van der Waals surface area contributed by atoms with E-state index in [0.717, 1.165) is 0 Å². The maximum absolute atomic E-state index is 12.3. The third-order valence-corrected chi connectivity index (χ3v) is 3.71. The lowest BCUT2D eigenvalue weighted by Gasteiger charge is -2.34. The molecule has 1 N–H and O–H groups in total. The Morgan fingerprint density at radius 2 is 2.20 bits per heavy atom. The second-order valence-electron chi connectivity index (χ2n) is 5.10. The van der Waals surface area contributed by atoms with Gasteiger partial charge in [-0.1, -0.05) is 11.6 Å². The van der Waals surface area contributed by atoms with Crippen molar-refractivity contribution >= 4 is 23.2 Å². The SMILES string of the molecule is CN(CC1CC(O)C1)C(=O)c1cc(Cl)ccc1[N+](=O)[O-]. The van der Waals surface area contributed by atoms with Crippen molar-refractivity contribution in [2.45, 2.75) is 18.9 Å². The van der Waals surface area contributed by atoms with Crippen LogP contribution in [0.15, 0.2) is 18.2 Å². The number of nitro groups is 1. The maximum atomic E-state index is 12.3. The van der Waals surface area contributed by atoms with Gasteiger partial charge in [-0.25, -0.2) is 0 Å². The van der Waals surface area contributed by atoms with E-state index in [1.54, 1.807) is 7.05 Å². The van der Waals surface area contributed by atoms with Crippen molar-refractivity contribution in [3.63, 3.8) is 0 Å². The van der Waals surface area contributed by atoms with Gasteiger partial charge in [-0.2, -0.15) is 0 Å². The molecule has 0 spiro atoms. The van der Waals surface area contributed by atoms with Gasteiger partial charge >= 0.3 is 0 Å². The Bertz CT molecular complexity index is 543. The summed E-state index contributed by atoms with van der Waals surface area (Å²) in [5, 5.41) is 20.5. The van der Waals surface area contributed by atoms with E-state index >= 15 is 0 Å². The number of nitro benzene ring substituents is 1. The Morgan fingerprint density at radius 1 is 1.55 bits per heavy atom. The monoisotopic (exact) mass is 298 g/mol. The van der Waals surface area contributed by atoms with Gasteiger partial charge in [0.05, 0.1) is 11.0 Å². The Morgan fingerprint density at radius 3 is 2.75 bits per heavy atom. The highest BCUT2D eigenvalue weighted by molar-refractivity contribution is 6.31. The van der Waals surface area contributed by atoms with E-state index in [1.165, 1.54) is 23.1 Å². The number of hydrogen-bond acceptors (Lipinski definition) is 4. The fraction of sp³-hybridized carbons (Fsp3) is 0.462. The van der Waals surface area contributed by atoms with E-state index < -0.39 is 10.8 Å². The summed E-state index contributed by atoms with van der Waals surface area (Å²) >= 11 is 5.81. The number of aliphatic hydroxyl groups is 1. The standard InChI is InChI=1S/C13H15ClN2O4/c1-15(7-8-4-10(17)5-8)13(18)11-6-9(14)2-3-12(11)16(19)20/h2-3,6,8,10,17H,4-5,7H2,1H3. The summed E-state index contributed by atoms with van der Waals surface area (Å²) < 4.78 is 0. The second-order valence-corrected chi connectivity index (χ2v) is 5.53. The van der Waals surface area contributed by atoms with Crippen molar-refractivity contribution in [1.82, 2.24) is 4.90 Å². The smallest absolute Gasteiger partial charge is 0.282 e. The molecule has 1 aliphatic rings. The molecule has 1 aliphatic carbocycles. The molecule has 0 aromatic heterocycles. The molecule has 1 fully saturated rings. The fourth-order valence-corrected chi connectivity index (χ4v) is 2.54. The Labute approximate surface area is 121 Å². The molecule has 2 rings (SSSR count). The summed E-state index contributed by atoms with van der Waals surface area (Å²) in [7, 11) is 1.59. The van der Waals surface area contributed by atoms with Gasteiger partial charge in [0.2, 0.25) is 0 Å². The van der Waals surface area contributed by atoms with Crippen LogP contribution >= 0.6 is 11.6 Å². The van der Waals surface area contributed by atoms with Crippen LogP contribution in [0.25, 0.3) is 0 Å². The third kappa shape index (κ3) is 3.08. The number of rotatable bonds is 4. The lowest BCUT2D eigenvalue weighted by Crippen LogP contribution is -2.39. The largest absolute Gasteiger partial charge is 0.393 e. The Hall–Kier alpha value is -1.66. The van der Waals surface area contributed by atoms with Crippen LogP contribution in [0.5, 0.6) is 0 Å². The molecule has 0 unspecified atom stereocenters. The molecular formula is C13H15ClN2O4. The number of carbonyl (C=O) groups is 1. The molecule has 0 aliphatic heterocycles. The molecule has 0 atom stereocenters. The van der Waals surface area contributed by atoms with Gasteiger partial charge in [-0.15, -0.1) is 0 Å². The van der Waals surface area contributed by atoms with Gasteiger partial charge in [0.15, 0.2) is 0 Å². The molecule has 0 bridgehead atoms. The van der Waals surface area contributed by atoms with E-state index in [0.29, 0.717) is 19.4 Å². The van der Waals surface area contributed by atoms with Gasteiger partial charge in [0, 0.05) is 24.7 Å². The van der Waals surface area contributed by atoms with Gasteiger partial charge in [0.1, 0.15) is 5.56 Å². The van der Waals surface area contributed by atoms with Gasteiger partial charge in [-0.3, -0.25) is 14.9 Å². The molecule has 7 heteroatoms. The average molecular weight is 299 g/mol. The molecule has 0 radical (unpaired) electrons. The minimum atomic E-state index is -0.593. The zero-order valence-electron chi connectivity index (χ0n) is 11.0. The van der Waals surface area contributed by atoms with Crippen LogP contribution < -0.4 is 0 Å². The van der Waals surface area contributed by atoms with Crippen molar-refractivity contribution in [3.8, 4) is 0 Å². The highest BCUT2D eigenvalue weighted by Crippen LogP contribution is 2.29. The molecule has 0 heterocycles. The van der Waals surface area contributed by atoms with Crippen LogP contribution in [0.1, 0.15) is 23.2 Å². The normalized spacial score (nSPS) is 21.1. The predicted molar refractivity (Wildman–Crippen MR) is 73.8 cm³/mol. The van der Waals surface area contributed by atoms with E-state index in [-0.39, 0.29) is 28.3 Å². The number of carbonyl (C=O) groups excluding carboxylic acids is 1. The predicted octanol–water partition coefficient (Wildman–Crippen LogP) is 2.09. The molecule has 6 nitrogen and oxygen atoms in total. The number of benzene rings is 1. The van der Waals surface area contributed by atoms with Crippen molar-refractivity contribution in [1.29, 1.82) is 0 Å². The van der Waals surface area contributed by atoms with Gasteiger partial charge in [0.25, 0.3) is 11.6 Å². The number of halogens is 1. The summed E-state index contributed by atoms with van der Waals surface area (Å²) in [4.78, 5) is 24.1. The number of nitrogens with zero attached hydrogens (tertiary/aromatic N) is 2. The van der Waals surface area contributed by atoms with Crippen LogP contribution in [-0.4, -0.2) is 40.5 Å². The third-order valence-electron chi connectivity index (χ3n) is 3.48. The first-order valence-corrected chi connectivity index (χ1v) is 6.63. The van der Waals surface area contributed by atoms with Crippen LogP contribution in [0.4, 0.5) is 5.69 Å². The molecule has 1 amide bonds. The first kappa shape index (κ1) is 14.7. The lowest BCUT2D eigenvalue weighted by molar-refractivity contribution is -0.385. The van der Waals surface area contributed by atoms with Gasteiger partial charge in [-0.05, 0) is 30.9 Å². The van der Waals surface area contributed by atoms with Crippen LogP contribution in [0.3, 0.4) is 0 Å². The maximum Gasteiger partial charge on any atom is 0.282 e. The molecule has 0 saturated heterocycles. The van der Waals surface area contributed by atoms with E-state index in [2.05, 4.69) is 0 Å². The van der Waals surface area contributed by atoms with E-state index in [9.17, 15) is 20.0 Å². The average Bonchev–Trinajstić information content (AvgIpc) is 2.35. The lowest BCUT2D eigenvalue weighted by atomic mass is 9.82. The van der Waals surface area contributed by atoms with Crippen LogP contribution in [0, 0.1) is 16.0 Å². The molecule has 1 saturated carbocycles. The first-order chi connectivity index (χ1) is 9.38. The minimum absolute atomic E-state index is 0.00938. The first-order valence-electron chi connectivity index (χ1n) is 6.26. The summed E-state index contributed by atoms with van der Waals surface area (Å²) in [6.45, 7) is 0.472. The minimum Gasteiger partial charge on any atom is -0.393 e. The molecule has 108 valence electrons. The van der Waals surface area contributed by atoms with Crippen molar-refractivity contribution in [3.05, 3.63) is 38.9 Å². The molecular weight excluding hydrogens is 284 g/mol. The van der Waals surface area contributed by atoms with E-state index in [4.69, 9.17) is 11.6 Å². The zero-order valence-corrected chi connectivity index (χ0v) is 11.7. The zero-order chi connectivity index (χ0) is 14.9. The van der Waals surface area contributed by atoms with Gasteiger partial charge < -0.3 is 10.0 Å². The fourth-order valence-electron chi connectivity index (χ4n) is 2.36. The van der Waals surface area contributed by atoms with Crippen LogP contribution in [-0.2, 0) is 0 Å². The van der Waals surface area contributed by atoms with Crippen molar-refractivity contribution < 1.29 is 14.8 Å². The summed E-state index contributed by atoms with van der Waals surface area (Å²) in [6, 6.07) is 3.93. The quantitative estimate of drug-likeness (QED) is 0.681. The topological polar surface area (TPSA) is 83.7 Å². The van der Waals surface area contributed by atoms with Crippen molar-refractivity contribution in [2.24, 2.45) is 5.92 Å². The summed E-state index contributed by atoms with van der Waals surface area (Å²) in [5.74, 6) is -0.183. The van der Waals surface area contributed by atoms with Crippen LogP contribution in [0.2, 0.25) is 5.02 Å². The molecule has 20 heavy (non-hydrogen) atoms. The number of hydrogen-bond donors (Lipinski definition) is 1. The van der Waals surface area contributed by atoms with Crippen molar-refractivity contribution in [2.75, 3.05) is 13.6 Å². The number of amides is 1. The Balaban J connectivity index is 2.15. The molecule has 1 aromatic carbocycles. The van der Waals surface area contributed by atoms with E-state index in [1.807, 2.05) is 0 Å². The highest BCUT2D eigenvalue weighted by Gasteiger charge is 2.30.